The maximum absolute atomic E-state index is 13.6. The van der Waals surface area contributed by atoms with E-state index in [1.807, 2.05) is 47.4 Å². The van der Waals surface area contributed by atoms with Crippen molar-refractivity contribution in [3.05, 3.63) is 89.5 Å². The third-order valence-electron chi connectivity index (χ3n) is 7.70. The molecule has 2 fully saturated rings. The quantitative estimate of drug-likeness (QED) is 0.347. The van der Waals surface area contributed by atoms with Crippen LogP contribution in [-0.4, -0.2) is 64.5 Å². The Hall–Kier alpha value is -3.42. The van der Waals surface area contributed by atoms with Crippen LogP contribution < -0.4 is 4.90 Å². The van der Waals surface area contributed by atoms with E-state index in [4.69, 9.17) is 16.6 Å². The second kappa shape index (κ2) is 10.8. The van der Waals surface area contributed by atoms with Crippen LogP contribution in [-0.2, 0) is 11.3 Å². The van der Waals surface area contributed by atoms with E-state index in [9.17, 15) is 9.18 Å². The van der Waals surface area contributed by atoms with Crippen molar-refractivity contribution >= 4 is 34.2 Å². The van der Waals surface area contributed by atoms with Gasteiger partial charge in [-0.1, -0.05) is 29.8 Å². The van der Waals surface area contributed by atoms with Gasteiger partial charge in [0.05, 0.1) is 23.5 Å². The summed E-state index contributed by atoms with van der Waals surface area (Å²) in [4.78, 5) is 25.1. The maximum atomic E-state index is 13.6. The molecule has 0 radical (unpaired) electrons. The zero-order valence-electron chi connectivity index (χ0n) is 21.3. The normalized spacial score (nSPS) is 18.7. The Balaban J connectivity index is 1.14. The van der Waals surface area contributed by atoms with Crippen LogP contribution in [0.5, 0.6) is 0 Å². The summed E-state index contributed by atoms with van der Waals surface area (Å²) in [6, 6.07) is 22.5. The van der Waals surface area contributed by atoms with Gasteiger partial charge in [-0.25, -0.2) is 9.37 Å². The number of piperidine rings is 1. The number of carbonyl (C=O) groups is 1. The van der Waals surface area contributed by atoms with Crippen LogP contribution in [0.1, 0.15) is 18.7 Å². The highest BCUT2D eigenvalue weighted by atomic mass is 35.5. The number of benzene rings is 3. The van der Waals surface area contributed by atoms with Gasteiger partial charge in [-0.05, 0) is 74.0 Å². The van der Waals surface area contributed by atoms with Crippen molar-refractivity contribution in [1.29, 1.82) is 0 Å². The third kappa shape index (κ3) is 5.13. The molecule has 1 amide bonds. The van der Waals surface area contributed by atoms with Crippen LogP contribution in [0.25, 0.3) is 16.7 Å². The number of halogens is 2. The average molecular weight is 532 g/mol. The molecule has 0 spiro atoms. The van der Waals surface area contributed by atoms with E-state index >= 15 is 0 Å². The molecule has 0 bridgehead atoms. The zero-order chi connectivity index (χ0) is 26.1. The van der Waals surface area contributed by atoms with E-state index in [0.29, 0.717) is 6.54 Å². The highest BCUT2D eigenvalue weighted by Gasteiger charge is 2.32. The first-order valence-electron chi connectivity index (χ1n) is 13.3. The fraction of sp³-hybridized carbons (Fsp3) is 0.333. The highest BCUT2D eigenvalue weighted by Crippen LogP contribution is 2.27. The Morgan fingerprint density at radius 3 is 2.50 bits per heavy atom. The van der Waals surface area contributed by atoms with Crippen LogP contribution in [0.3, 0.4) is 0 Å². The molecule has 38 heavy (non-hydrogen) atoms. The van der Waals surface area contributed by atoms with Crippen LogP contribution in [0.2, 0.25) is 5.02 Å². The van der Waals surface area contributed by atoms with Crippen molar-refractivity contribution in [2.75, 3.05) is 44.2 Å². The lowest BCUT2D eigenvalue weighted by atomic mass is 9.96. The number of aromatic nitrogens is 2. The van der Waals surface area contributed by atoms with Gasteiger partial charge >= 0.3 is 0 Å². The van der Waals surface area contributed by atoms with Gasteiger partial charge in [0.1, 0.15) is 11.6 Å². The molecular formula is C30H31ClFN5O. The standard InChI is InChI=1S/C30H31ClFN5O/c31-23-6-3-7-26(19-23)35-15-17-36(18-16-35)30(38)22-5-4-14-34(20-22)21-29-33-27-8-1-2-9-28(27)37(29)25-12-10-24(32)11-13-25/h1-3,6-13,19,22H,4-5,14-18,20-21H2/t22-/m1/s1. The minimum atomic E-state index is -0.259. The van der Waals surface area contributed by atoms with Crippen molar-refractivity contribution in [1.82, 2.24) is 19.4 Å². The molecule has 0 aliphatic carbocycles. The lowest BCUT2D eigenvalue weighted by molar-refractivity contribution is -0.137. The molecule has 2 aliphatic rings. The highest BCUT2D eigenvalue weighted by molar-refractivity contribution is 6.30. The van der Waals surface area contributed by atoms with Crippen molar-refractivity contribution in [3.8, 4) is 5.69 Å². The molecule has 3 heterocycles. The van der Waals surface area contributed by atoms with Gasteiger partial charge in [0, 0.05) is 49.1 Å². The molecule has 6 nitrogen and oxygen atoms in total. The Morgan fingerprint density at radius 2 is 1.71 bits per heavy atom. The SMILES string of the molecule is O=C([C@@H]1CCCN(Cc2nc3ccccc3n2-c2ccc(F)cc2)C1)N1CCN(c2cccc(Cl)c2)CC1. The first-order chi connectivity index (χ1) is 18.5. The number of amides is 1. The number of anilines is 1. The van der Waals surface area contributed by atoms with Crippen molar-refractivity contribution < 1.29 is 9.18 Å². The summed E-state index contributed by atoms with van der Waals surface area (Å²) in [5, 5.41) is 0.733. The van der Waals surface area contributed by atoms with Gasteiger partial charge in [0.15, 0.2) is 0 Å². The smallest absolute Gasteiger partial charge is 0.227 e. The number of hydrogen-bond donors (Lipinski definition) is 0. The number of nitrogens with zero attached hydrogens (tertiary/aromatic N) is 5. The first kappa shape index (κ1) is 24.9. The van der Waals surface area contributed by atoms with Crippen molar-refractivity contribution in [2.24, 2.45) is 5.92 Å². The topological polar surface area (TPSA) is 44.6 Å². The Morgan fingerprint density at radius 1 is 0.921 bits per heavy atom. The van der Waals surface area contributed by atoms with E-state index in [1.165, 1.54) is 12.1 Å². The molecule has 0 saturated carbocycles. The molecule has 196 valence electrons. The van der Waals surface area contributed by atoms with Gasteiger partial charge in [-0.15, -0.1) is 0 Å². The average Bonchev–Trinajstić information content (AvgIpc) is 3.31. The van der Waals surface area contributed by atoms with E-state index in [-0.39, 0.29) is 17.6 Å². The maximum Gasteiger partial charge on any atom is 0.227 e. The minimum Gasteiger partial charge on any atom is -0.368 e. The van der Waals surface area contributed by atoms with Gasteiger partial charge < -0.3 is 9.80 Å². The molecule has 6 rings (SSSR count). The first-order valence-corrected chi connectivity index (χ1v) is 13.7. The molecule has 1 atom stereocenters. The summed E-state index contributed by atoms with van der Waals surface area (Å²) in [5.74, 6) is 0.893. The Labute approximate surface area is 227 Å². The number of likely N-dealkylation sites (tertiary alicyclic amines) is 1. The fourth-order valence-electron chi connectivity index (χ4n) is 5.78. The monoisotopic (exact) mass is 531 g/mol. The van der Waals surface area contributed by atoms with Crippen LogP contribution in [0, 0.1) is 11.7 Å². The second-order valence-electron chi connectivity index (χ2n) is 10.2. The van der Waals surface area contributed by atoms with Crippen LogP contribution >= 0.6 is 11.6 Å². The lowest BCUT2D eigenvalue weighted by Crippen LogP contribution is -2.52. The second-order valence-corrected chi connectivity index (χ2v) is 10.6. The zero-order valence-corrected chi connectivity index (χ0v) is 22.0. The largest absolute Gasteiger partial charge is 0.368 e. The lowest BCUT2D eigenvalue weighted by Gasteiger charge is -2.39. The van der Waals surface area contributed by atoms with Gasteiger partial charge in [0.25, 0.3) is 0 Å². The summed E-state index contributed by atoms with van der Waals surface area (Å²) < 4.78 is 15.7. The number of piperazine rings is 1. The minimum absolute atomic E-state index is 0.00915. The molecule has 0 unspecified atom stereocenters. The van der Waals surface area contributed by atoms with E-state index in [1.54, 1.807) is 12.1 Å². The fourth-order valence-corrected chi connectivity index (χ4v) is 5.96. The summed E-state index contributed by atoms with van der Waals surface area (Å²) in [7, 11) is 0. The number of rotatable bonds is 5. The number of fused-ring (bicyclic) bond motifs is 1. The Kier molecular flexibility index (Phi) is 7.04. The molecule has 2 saturated heterocycles. The van der Waals surface area contributed by atoms with Crippen LogP contribution in [0.15, 0.2) is 72.8 Å². The van der Waals surface area contributed by atoms with E-state index in [0.717, 1.165) is 85.4 Å². The molecule has 2 aliphatic heterocycles. The van der Waals surface area contributed by atoms with Crippen molar-refractivity contribution in [3.63, 3.8) is 0 Å². The summed E-state index contributed by atoms with van der Waals surface area (Å²) >= 11 is 6.17. The summed E-state index contributed by atoms with van der Waals surface area (Å²) in [5.41, 5.74) is 3.90. The third-order valence-corrected chi connectivity index (χ3v) is 7.93. The molecular weight excluding hydrogens is 501 g/mol. The molecule has 8 heteroatoms. The molecule has 1 aromatic heterocycles. The van der Waals surface area contributed by atoms with Crippen molar-refractivity contribution in [2.45, 2.75) is 19.4 Å². The number of carbonyl (C=O) groups excluding carboxylic acids is 1. The molecule has 4 aromatic rings. The molecule has 3 aromatic carbocycles. The van der Waals surface area contributed by atoms with Crippen LogP contribution in [0.4, 0.5) is 10.1 Å². The van der Waals surface area contributed by atoms with E-state index < -0.39 is 0 Å². The Bertz CT molecular complexity index is 1430. The van der Waals surface area contributed by atoms with Gasteiger partial charge in [0.2, 0.25) is 5.91 Å². The summed E-state index contributed by atoms with van der Waals surface area (Å²) in [6.07, 6.45) is 1.90. The van der Waals surface area contributed by atoms with Gasteiger partial charge in [-0.3, -0.25) is 14.3 Å². The number of para-hydroxylation sites is 2. The predicted molar refractivity (Wildman–Crippen MR) is 149 cm³/mol. The number of imidazole rings is 1. The van der Waals surface area contributed by atoms with Gasteiger partial charge in [-0.2, -0.15) is 0 Å². The summed E-state index contributed by atoms with van der Waals surface area (Å²) in [6.45, 7) is 5.36. The van der Waals surface area contributed by atoms with E-state index in [2.05, 4.69) is 20.4 Å². The predicted octanol–water partition coefficient (Wildman–Crippen LogP) is 5.38. The number of hydrogen-bond acceptors (Lipinski definition) is 4. The molecule has 0 N–H and O–H groups in total.